The fourth-order valence-electron chi connectivity index (χ4n) is 2.47. The van der Waals surface area contributed by atoms with Crippen molar-refractivity contribution in [3.63, 3.8) is 0 Å². The number of carbonyl (C=O) groups excluding carboxylic acids is 1. The second kappa shape index (κ2) is 6.52. The lowest BCUT2D eigenvalue weighted by Gasteiger charge is -2.15. The van der Waals surface area contributed by atoms with Gasteiger partial charge in [0.2, 0.25) is 0 Å². The van der Waals surface area contributed by atoms with Crippen LogP contribution in [0.4, 0.5) is 5.69 Å². The molecule has 0 saturated heterocycles. The van der Waals surface area contributed by atoms with Crippen LogP contribution < -0.4 is 10.6 Å². The Morgan fingerprint density at radius 3 is 3.05 bits per heavy atom. The fraction of sp³-hybridized carbons (Fsp3) is 0.571. The normalized spacial score (nSPS) is 22.2. The predicted molar refractivity (Wildman–Crippen MR) is 74.3 cm³/mol. The van der Waals surface area contributed by atoms with Gasteiger partial charge in [-0.3, -0.25) is 9.78 Å². The third kappa shape index (κ3) is 3.44. The highest BCUT2D eigenvalue weighted by Crippen LogP contribution is 2.22. The van der Waals surface area contributed by atoms with Crippen LogP contribution >= 0.6 is 0 Å². The molecule has 0 radical (unpaired) electrons. The van der Waals surface area contributed by atoms with Crippen LogP contribution in [0.3, 0.4) is 0 Å². The number of rotatable bonds is 5. The van der Waals surface area contributed by atoms with E-state index in [4.69, 9.17) is 4.74 Å². The van der Waals surface area contributed by atoms with Crippen LogP contribution in [0.15, 0.2) is 18.5 Å². The van der Waals surface area contributed by atoms with Crippen molar-refractivity contribution < 1.29 is 9.53 Å². The Balaban J connectivity index is 2.00. The van der Waals surface area contributed by atoms with Gasteiger partial charge in [0.1, 0.15) is 0 Å². The maximum absolute atomic E-state index is 12.3. The molecule has 2 atom stereocenters. The topological polar surface area (TPSA) is 63.2 Å². The van der Waals surface area contributed by atoms with Crippen LogP contribution in [-0.4, -0.2) is 36.7 Å². The lowest BCUT2D eigenvalue weighted by atomic mass is 10.2. The maximum Gasteiger partial charge on any atom is 0.255 e. The molecule has 1 aromatic heterocycles. The number of pyridine rings is 1. The molecular weight excluding hydrogens is 242 g/mol. The number of ether oxygens (including phenoxy) is 1. The van der Waals surface area contributed by atoms with Gasteiger partial charge < -0.3 is 15.4 Å². The van der Waals surface area contributed by atoms with E-state index in [0.29, 0.717) is 5.56 Å². The number of carbonyl (C=O) groups is 1. The van der Waals surface area contributed by atoms with Crippen molar-refractivity contribution in [2.24, 2.45) is 0 Å². The molecule has 1 aromatic rings. The van der Waals surface area contributed by atoms with E-state index in [9.17, 15) is 4.79 Å². The number of nitrogens with one attached hydrogen (secondary N) is 2. The van der Waals surface area contributed by atoms with Crippen LogP contribution in [-0.2, 0) is 4.74 Å². The first-order valence-electron chi connectivity index (χ1n) is 6.76. The summed E-state index contributed by atoms with van der Waals surface area (Å²) in [5.41, 5.74) is 1.43. The summed E-state index contributed by atoms with van der Waals surface area (Å²) in [6.07, 6.45) is 6.43. The summed E-state index contributed by atoms with van der Waals surface area (Å²) in [6, 6.07) is 2.03. The molecule has 5 heteroatoms. The third-order valence-electron chi connectivity index (χ3n) is 3.49. The zero-order valence-electron chi connectivity index (χ0n) is 11.5. The molecule has 2 N–H and O–H groups in total. The lowest BCUT2D eigenvalue weighted by molar-refractivity contribution is 0.0915. The number of aromatic nitrogens is 1. The molecule has 0 aliphatic heterocycles. The zero-order valence-corrected chi connectivity index (χ0v) is 11.5. The first kappa shape index (κ1) is 13.8. The Hall–Kier alpha value is -1.62. The Bertz CT molecular complexity index is 436. The second-order valence-electron chi connectivity index (χ2n) is 4.79. The number of nitrogens with zero attached hydrogens (tertiary/aromatic N) is 1. The summed E-state index contributed by atoms with van der Waals surface area (Å²) < 4.78 is 5.31. The third-order valence-corrected chi connectivity index (χ3v) is 3.49. The summed E-state index contributed by atoms with van der Waals surface area (Å²) in [5, 5.41) is 6.24. The number of hydrogen-bond donors (Lipinski definition) is 2. The summed E-state index contributed by atoms with van der Waals surface area (Å²) in [6.45, 7) is 2.78. The molecule has 2 rings (SSSR count). The Morgan fingerprint density at radius 2 is 2.37 bits per heavy atom. The summed E-state index contributed by atoms with van der Waals surface area (Å²) >= 11 is 0. The average Bonchev–Trinajstić information content (AvgIpc) is 2.87. The number of anilines is 1. The zero-order chi connectivity index (χ0) is 13.7. The number of amides is 1. The van der Waals surface area contributed by atoms with Gasteiger partial charge in [-0.15, -0.1) is 0 Å². The van der Waals surface area contributed by atoms with E-state index >= 15 is 0 Å². The van der Waals surface area contributed by atoms with Gasteiger partial charge in [-0.1, -0.05) is 0 Å². The molecule has 5 nitrogen and oxygen atoms in total. The van der Waals surface area contributed by atoms with Crippen molar-refractivity contribution in [2.45, 2.75) is 38.3 Å². The monoisotopic (exact) mass is 263 g/mol. The van der Waals surface area contributed by atoms with Crippen molar-refractivity contribution in [2.75, 3.05) is 19.0 Å². The molecule has 1 amide bonds. The van der Waals surface area contributed by atoms with Crippen LogP contribution in [0.5, 0.6) is 0 Å². The van der Waals surface area contributed by atoms with Gasteiger partial charge in [-0.05, 0) is 32.3 Å². The highest BCUT2D eigenvalue weighted by atomic mass is 16.5. The van der Waals surface area contributed by atoms with E-state index in [0.717, 1.165) is 31.5 Å². The molecule has 1 fully saturated rings. The molecular formula is C14H21N3O2. The Morgan fingerprint density at radius 1 is 1.53 bits per heavy atom. The number of methoxy groups -OCH3 is 1. The Kier molecular flexibility index (Phi) is 4.74. The molecule has 1 aliphatic carbocycles. The van der Waals surface area contributed by atoms with Crippen LogP contribution in [0, 0.1) is 0 Å². The minimum absolute atomic E-state index is 0.0641. The fourth-order valence-corrected chi connectivity index (χ4v) is 2.47. The van der Waals surface area contributed by atoms with E-state index in [1.807, 2.05) is 13.0 Å². The molecule has 19 heavy (non-hydrogen) atoms. The van der Waals surface area contributed by atoms with Crippen LogP contribution in [0.25, 0.3) is 0 Å². The van der Waals surface area contributed by atoms with Gasteiger partial charge >= 0.3 is 0 Å². The molecule has 104 valence electrons. The van der Waals surface area contributed by atoms with Crippen LogP contribution in [0.2, 0.25) is 0 Å². The molecule has 0 spiro atoms. The molecule has 1 aliphatic rings. The lowest BCUT2D eigenvalue weighted by Crippen LogP contribution is -2.34. The molecule has 1 saturated carbocycles. The molecule has 2 unspecified atom stereocenters. The van der Waals surface area contributed by atoms with Gasteiger partial charge in [-0.25, -0.2) is 0 Å². The maximum atomic E-state index is 12.3. The van der Waals surface area contributed by atoms with Gasteiger partial charge in [0.15, 0.2) is 0 Å². The minimum atomic E-state index is -0.0641. The van der Waals surface area contributed by atoms with Gasteiger partial charge in [-0.2, -0.15) is 0 Å². The molecule has 0 bridgehead atoms. The van der Waals surface area contributed by atoms with Crippen molar-refractivity contribution in [1.29, 1.82) is 0 Å². The van der Waals surface area contributed by atoms with Gasteiger partial charge in [0, 0.05) is 32.1 Å². The highest BCUT2D eigenvalue weighted by molar-refractivity contribution is 5.99. The predicted octanol–water partition coefficient (Wildman–Crippen LogP) is 1.81. The average molecular weight is 263 g/mol. The first-order valence-corrected chi connectivity index (χ1v) is 6.76. The van der Waals surface area contributed by atoms with Crippen LogP contribution in [0.1, 0.15) is 36.5 Å². The molecule has 1 heterocycles. The van der Waals surface area contributed by atoms with E-state index in [2.05, 4.69) is 15.6 Å². The van der Waals surface area contributed by atoms with Crippen molar-refractivity contribution in [3.05, 3.63) is 24.0 Å². The minimum Gasteiger partial charge on any atom is -0.385 e. The van der Waals surface area contributed by atoms with E-state index < -0.39 is 0 Å². The first-order chi connectivity index (χ1) is 9.24. The highest BCUT2D eigenvalue weighted by Gasteiger charge is 2.26. The largest absolute Gasteiger partial charge is 0.385 e. The van der Waals surface area contributed by atoms with Crippen molar-refractivity contribution in [1.82, 2.24) is 10.3 Å². The van der Waals surface area contributed by atoms with Crippen molar-refractivity contribution in [3.8, 4) is 0 Å². The summed E-state index contributed by atoms with van der Waals surface area (Å²) in [5.74, 6) is -0.0641. The standard InChI is InChI=1S/C14H21N3O2/c1-3-16-13-6-7-15-9-12(13)14(18)17-10-4-5-11(8-10)19-2/h6-7,9-11H,3-5,8H2,1-2H3,(H,15,16)(H,17,18). The second-order valence-corrected chi connectivity index (χ2v) is 4.79. The van der Waals surface area contributed by atoms with E-state index in [-0.39, 0.29) is 18.1 Å². The SMILES string of the molecule is CCNc1ccncc1C(=O)NC1CCC(OC)C1. The quantitative estimate of drug-likeness (QED) is 0.850. The van der Waals surface area contributed by atoms with Gasteiger partial charge in [0.05, 0.1) is 17.4 Å². The van der Waals surface area contributed by atoms with Crippen molar-refractivity contribution >= 4 is 11.6 Å². The molecule has 0 aromatic carbocycles. The number of hydrogen-bond acceptors (Lipinski definition) is 4. The summed E-state index contributed by atoms with van der Waals surface area (Å²) in [7, 11) is 1.72. The van der Waals surface area contributed by atoms with E-state index in [1.165, 1.54) is 0 Å². The smallest absolute Gasteiger partial charge is 0.255 e. The summed E-state index contributed by atoms with van der Waals surface area (Å²) in [4.78, 5) is 16.3. The van der Waals surface area contributed by atoms with Gasteiger partial charge in [0.25, 0.3) is 5.91 Å². The van der Waals surface area contributed by atoms with E-state index in [1.54, 1.807) is 19.5 Å². The Labute approximate surface area is 113 Å².